The van der Waals surface area contributed by atoms with Crippen LogP contribution < -0.4 is 0 Å². The summed E-state index contributed by atoms with van der Waals surface area (Å²) in [6.07, 6.45) is 9.27. The van der Waals surface area contributed by atoms with Gasteiger partial charge in [0.15, 0.2) is 5.78 Å². The second-order valence-corrected chi connectivity index (χ2v) is 6.80. The molecule has 2 aliphatic rings. The summed E-state index contributed by atoms with van der Waals surface area (Å²) in [6.45, 7) is 0.707. The Morgan fingerprint density at radius 3 is 2.88 bits per heavy atom. The van der Waals surface area contributed by atoms with Crippen molar-refractivity contribution in [3.05, 3.63) is 41.6 Å². The Balaban J connectivity index is 1.49. The van der Waals surface area contributed by atoms with E-state index in [0.29, 0.717) is 30.0 Å². The van der Waals surface area contributed by atoms with E-state index in [1.165, 1.54) is 0 Å². The van der Waals surface area contributed by atoms with Crippen molar-refractivity contribution in [1.82, 2.24) is 14.7 Å². The van der Waals surface area contributed by atoms with E-state index < -0.39 is 0 Å². The summed E-state index contributed by atoms with van der Waals surface area (Å²) in [7, 11) is 1.79. The average molecular weight is 327 g/mol. The van der Waals surface area contributed by atoms with Crippen LogP contribution in [0.2, 0.25) is 0 Å². The Labute approximate surface area is 140 Å². The monoisotopic (exact) mass is 327 g/mol. The number of aryl methyl sites for hydroxylation is 1. The minimum atomic E-state index is -0.0350. The number of carbonyl (C=O) groups is 2. The molecule has 6 nitrogen and oxygen atoms in total. The number of ketones is 1. The number of rotatable bonds is 5. The van der Waals surface area contributed by atoms with Gasteiger partial charge in [-0.05, 0) is 31.7 Å². The lowest BCUT2D eigenvalue weighted by atomic mass is 10.0. The molecule has 126 valence electrons. The highest BCUT2D eigenvalue weighted by Crippen LogP contribution is 2.42. The maximum absolute atomic E-state index is 12.9. The van der Waals surface area contributed by atoms with Crippen molar-refractivity contribution in [2.45, 2.75) is 44.1 Å². The second kappa shape index (κ2) is 5.92. The number of nitrogens with zero attached hydrogens (tertiary/aromatic N) is 3. The molecule has 4 rings (SSSR count). The summed E-state index contributed by atoms with van der Waals surface area (Å²) < 4.78 is 7.16. The molecule has 0 unspecified atom stereocenters. The lowest BCUT2D eigenvalue weighted by Crippen LogP contribution is -2.37. The normalized spacial score (nSPS) is 20.5. The number of carbonyl (C=O) groups excluding carboxylic acids is 2. The smallest absolute Gasteiger partial charge is 0.257 e. The van der Waals surface area contributed by atoms with Crippen molar-refractivity contribution < 1.29 is 14.0 Å². The first-order valence-electron chi connectivity index (χ1n) is 8.53. The number of furan rings is 1. The molecule has 1 saturated carbocycles. The minimum absolute atomic E-state index is 0.00661. The third-order valence-electron chi connectivity index (χ3n) is 4.96. The highest BCUT2D eigenvalue weighted by Gasteiger charge is 2.36. The molecule has 1 aliphatic carbocycles. The van der Waals surface area contributed by atoms with Crippen LogP contribution >= 0.6 is 0 Å². The molecule has 0 aromatic carbocycles. The first-order chi connectivity index (χ1) is 11.6. The van der Waals surface area contributed by atoms with Gasteiger partial charge < -0.3 is 9.32 Å². The van der Waals surface area contributed by atoms with Crippen LogP contribution in [0.1, 0.15) is 64.5 Å². The lowest BCUT2D eigenvalue weighted by molar-refractivity contribution is 0.0715. The van der Waals surface area contributed by atoms with Gasteiger partial charge in [-0.25, -0.2) is 0 Å². The van der Waals surface area contributed by atoms with Gasteiger partial charge in [-0.15, -0.1) is 0 Å². The molecular formula is C18H21N3O3. The van der Waals surface area contributed by atoms with Gasteiger partial charge in [-0.1, -0.05) is 0 Å². The van der Waals surface area contributed by atoms with Gasteiger partial charge in [0.25, 0.3) is 5.91 Å². The van der Waals surface area contributed by atoms with Crippen molar-refractivity contribution in [2.75, 3.05) is 6.54 Å². The van der Waals surface area contributed by atoms with Gasteiger partial charge in [0.2, 0.25) is 0 Å². The summed E-state index contributed by atoms with van der Waals surface area (Å²) in [4.78, 5) is 27.2. The topological polar surface area (TPSA) is 68.3 Å². The van der Waals surface area contributed by atoms with Crippen molar-refractivity contribution in [1.29, 1.82) is 0 Å². The van der Waals surface area contributed by atoms with E-state index >= 15 is 0 Å². The third-order valence-corrected chi connectivity index (χ3v) is 4.96. The Bertz CT molecular complexity index is 772. The SMILES string of the molecule is Cn1cc(C(=O)C[C@@H]2CCCN2C(=O)c2ccoc2C2CC2)cn1. The summed E-state index contributed by atoms with van der Waals surface area (Å²) in [5, 5.41) is 4.05. The van der Waals surface area contributed by atoms with Crippen molar-refractivity contribution >= 4 is 11.7 Å². The number of amides is 1. The van der Waals surface area contributed by atoms with Crippen molar-refractivity contribution in [2.24, 2.45) is 7.05 Å². The summed E-state index contributed by atoms with van der Waals surface area (Å²) >= 11 is 0. The molecule has 1 aliphatic heterocycles. The molecule has 3 heterocycles. The number of hydrogen-bond donors (Lipinski definition) is 0. The highest BCUT2D eigenvalue weighted by molar-refractivity contribution is 5.98. The maximum Gasteiger partial charge on any atom is 0.257 e. The fourth-order valence-corrected chi connectivity index (χ4v) is 3.53. The number of Topliss-reactive ketones (excluding diaryl/α,β-unsaturated/α-hetero) is 1. The third kappa shape index (κ3) is 2.77. The van der Waals surface area contributed by atoms with Crippen molar-refractivity contribution in [3.8, 4) is 0 Å². The van der Waals surface area contributed by atoms with E-state index in [4.69, 9.17) is 4.42 Å². The van der Waals surface area contributed by atoms with Gasteiger partial charge >= 0.3 is 0 Å². The van der Waals surface area contributed by atoms with Crippen LogP contribution in [0.25, 0.3) is 0 Å². The van der Waals surface area contributed by atoms with Crippen molar-refractivity contribution in [3.63, 3.8) is 0 Å². The molecular weight excluding hydrogens is 306 g/mol. The second-order valence-electron chi connectivity index (χ2n) is 6.80. The minimum Gasteiger partial charge on any atom is -0.468 e. The molecule has 24 heavy (non-hydrogen) atoms. The zero-order valence-corrected chi connectivity index (χ0v) is 13.8. The Kier molecular flexibility index (Phi) is 3.75. The van der Waals surface area contributed by atoms with Gasteiger partial charge in [0.05, 0.1) is 23.6 Å². The quantitative estimate of drug-likeness (QED) is 0.792. The highest BCUT2D eigenvalue weighted by atomic mass is 16.3. The van der Waals surface area contributed by atoms with Crippen LogP contribution in [0.5, 0.6) is 0 Å². The predicted octanol–water partition coefficient (Wildman–Crippen LogP) is 2.77. The molecule has 2 fully saturated rings. The molecule has 0 bridgehead atoms. The molecule has 0 N–H and O–H groups in total. The number of aromatic nitrogens is 2. The molecule has 6 heteroatoms. The predicted molar refractivity (Wildman–Crippen MR) is 86.9 cm³/mol. The van der Waals surface area contributed by atoms with Gasteiger partial charge in [0.1, 0.15) is 5.76 Å². The van der Waals surface area contributed by atoms with Crippen LogP contribution in [-0.4, -0.2) is 39.0 Å². The molecule has 1 amide bonds. The van der Waals surface area contributed by atoms with Crippen LogP contribution in [0.3, 0.4) is 0 Å². The van der Waals surface area contributed by atoms with Gasteiger partial charge in [-0.2, -0.15) is 5.10 Å². The van der Waals surface area contributed by atoms with E-state index in [-0.39, 0.29) is 17.7 Å². The van der Waals surface area contributed by atoms with Crippen LogP contribution in [-0.2, 0) is 7.05 Å². The maximum atomic E-state index is 12.9. The standard InChI is InChI=1S/C18H21N3O3/c1-20-11-13(10-19-20)16(22)9-14-3-2-7-21(14)18(23)15-6-8-24-17(15)12-4-5-12/h6,8,10-12,14H,2-5,7,9H2,1H3/t14-/m0/s1. The van der Waals surface area contributed by atoms with E-state index in [1.54, 1.807) is 36.5 Å². The molecule has 1 saturated heterocycles. The molecule has 2 aromatic heterocycles. The van der Waals surface area contributed by atoms with Crippen LogP contribution in [0, 0.1) is 0 Å². The Morgan fingerprint density at radius 2 is 2.17 bits per heavy atom. The van der Waals surface area contributed by atoms with Gasteiger partial charge in [0, 0.05) is 38.2 Å². The van der Waals surface area contributed by atoms with Crippen LogP contribution in [0.4, 0.5) is 0 Å². The Hall–Kier alpha value is -2.37. The molecule has 2 aromatic rings. The zero-order valence-electron chi connectivity index (χ0n) is 13.8. The fraction of sp³-hybridized carbons (Fsp3) is 0.500. The molecule has 0 spiro atoms. The first-order valence-corrected chi connectivity index (χ1v) is 8.53. The van der Waals surface area contributed by atoms with E-state index in [1.807, 2.05) is 4.90 Å². The largest absolute Gasteiger partial charge is 0.468 e. The lowest BCUT2D eigenvalue weighted by Gasteiger charge is -2.24. The molecule has 0 radical (unpaired) electrons. The van der Waals surface area contributed by atoms with E-state index in [2.05, 4.69) is 5.10 Å². The van der Waals surface area contributed by atoms with Crippen LogP contribution in [0.15, 0.2) is 29.1 Å². The Morgan fingerprint density at radius 1 is 1.33 bits per heavy atom. The zero-order chi connectivity index (χ0) is 16.7. The van der Waals surface area contributed by atoms with Gasteiger partial charge in [-0.3, -0.25) is 14.3 Å². The average Bonchev–Trinajstić information content (AvgIpc) is 2.99. The summed E-state index contributed by atoms with van der Waals surface area (Å²) in [6, 6.07) is 1.74. The number of hydrogen-bond acceptors (Lipinski definition) is 4. The first kappa shape index (κ1) is 15.2. The fourth-order valence-electron chi connectivity index (χ4n) is 3.53. The van der Waals surface area contributed by atoms with E-state index in [0.717, 1.165) is 31.4 Å². The summed E-state index contributed by atoms with van der Waals surface area (Å²) in [5.41, 5.74) is 1.29. The number of likely N-dealkylation sites (tertiary alicyclic amines) is 1. The molecule has 1 atom stereocenters. The summed E-state index contributed by atoms with van der Waals surface area (Å²) in [5.74, 6) is 1.27. The van der Waals surface area contributed by atoms with E-state index in [9.17, 15) is 9.59 Å².